The van der Waals surface area contributed by atoms with Gasteiger partial charge in [-0.1, -0.05) is 0 Å². The third kappa shape index (κ3) is 2.84. The van der Waals surface area contributed by atoms with Crippen LogP contribution in [-0.2, 0) is 20.7 Å². The molecule has 1 unspecified atom stereocenters. The Morgan fingerprint density at radius 3 is 2.57 bits per heavy atom. The van der Waals surface area contributed by atoms with E-state index in [-0.39, 0.29) is 63.1 Å². The van der Waals surface area contributed by atoms with Crippen LogP contribution in [0.1, 0.15) is 0 Å². The summed E-state index contributed by atoms with van der Waals surface area (Å²) in [5.74, 6) is -0.0955. The van der Waals surface area contributed by atoms with Gasteiger partial charge in [-0.15, -0.1) is 4.40 Å². The minimum atomic E-state index is -1.58. The smallest absolute Gasteiger partial charge is 0.378 e. The normalized spacial score (nSPS) is 26.6. The molecule has 8 heteroatoms. The number of rotatable bonds is 0. The van der Waals surface area contributed by atoms with Crippen molar-refractivity contribution in [3.63, 3.8) is 0 Å². The number of amidine groups is 1. The van der Waals surface area contributed by atoms with Gasteiger partial charge in [0.25, 0.3) is 0 Å². The van der Waals surface area contributed by atoms with Crippen molar-refractivity contribution >= 4 is 22.9 Å². The predicted molar refractivity (Wildman–Crippen MR) is 46.1 cm³/mol. The minimum absolute atomic E-state index is 0. The van der Waals surface area contributed by atoms with E-state index >= 15 is 0 Å². The van der Waals surface area contributed by atoms with Crippen molar-refractivity contribution in [2.45, 2.75) is 0 Å². The first-order chi connectivity index (χ1) is 6.27. The van der Waals surface area contributed by atoms with Crippen LogP contribution in [-0.4, -0.2) is 47.2 Å². The van der Waals surface area contributed by atoms with Gasteiger partial charge in [0.05, 0.1) is 13.2 Å². The molecule has 2 aliphatic rings. The number of amides is 1. The predicted octanol–water partition coefficient (Wildman–Crippen LogP) is -4.57. The summed E-state index contributed by atoms with van der Waals surface area (Å²) in [5.41, 5.74) is 0. The van der Waals surface area contributed by atoms with Crippen molar-refractivity contribution < 1.29 is 65.1 Å². The molecule has 1 fully saturated rings. The van der Waals surface area contributed by atoms with Crippen LogP contribution in [0.3, 0.4) is 0 Å². The van der Waals surface area contributed by atoms with Crippen LogP contribution in [0.15, 0.2) is 4.40 Å². The van der Waals surface area contributed by atoms with Gasteiger partial charge in [0.1, 0.15) is 0 Å². The minimum Gasteiger partial charge on any atom is -0.378 e. The number of ether oxygens (including phenoxy) is 1. The summed E-state index contributed by atoms with van der Waals surface area (Å²) in [6, 6.07) is 0. The third-order valence-electron chi connectivity index (χ3n) is 1.86. The van der Waals surface area contributed by atoms with Crippen molar-refractivity contribution in [1.29, 1.82) is 0 Å². The van der Waals surface area contributed by atoms with Crippen molar-refractivity contribution in [1.82, 2.24) is 9.62 Å². The molecule has 2 heterocycles. The molecule has 0 aromatic rings. The fourth-order valence-corrected chi connectivity index (χ4v) is 1.90. The van der Waals surface area contributed by atoms with E-state index in [0.717, 1.165) is 0 Å². The molecule has 1 amide bonds. The molecule has 1 N–H and O–H groups in total. The van der Waals surface area contributed by atoms with Crippen LogP contribution in [0.25, 0.3) is 0 Å². The first-order valence-corrected chi connectivity index (χ1v) is 5.02. The Morgan fingerprint density at radius 2 is 2.07 bits per heavy atom. The van der Waals surface area contributed by atoms with E-state index in [2.05, 4.69) is 9.12 Å². The quantitative estimate of drug-likeness (QED) is 0.434. The first-order valence-electron chi connectivity index (χ1n) is 3.91. The van der Waals surface area contributed by atoms with Crippen LogP contribution >= 0.6 is 0 Å². The molecule has 0 spiro atoms. The molecule has 0 bridgehead atoms. The molecular formula is C6H9KN3O3S+. The molecule has 0 aliphatic carbocycles. The maximum atomic E-state index is 11.2. The molecule has 0 saturated carbocycles. The molecule has 0 aromatic heterocycles. The van der Waals surface area contributed by atoms with E-state index in [9.17, 15) is 9.00 Å². The number of carbonyl (C=O) groups excluding carboxylic acids is 1. The van der Waals surface area contributed by atoms with Crippen molar-refractivity contribution in [2.75, 3.05) is 26.3 Å². The molecule has 0 radical (unpaired) electrons. The zero-order valence-corrected chi connectivity index (χ0v) is 11.8. The van der Waals surface area contributed by atoms with Crippen LogP contribution in [0.4, 0.5) is 0 Å². The molecule has 72 valence electrons. The molecule has 1 atom stereocenters. The fraction of sp³-hybridized carbons (Fsp3) is 0.667. The largest absolute Gasteiger partial charge is 1.00 e. The van der Waals surface area contributed by atoms with Crippen LogP contribution < -0.4 is 56.1 Å². The van der Waals surface area contributed by atoms with Gasteiger partial charge in [-0.25, -0.2) is 8.93 Å². The molecule has 1 saturated heterocycles. The average Bonchev–Trinajstić information content (AvgIpc) is 2.47. The van der Waals surface area contributed by atoms with Gasteiger partial charge >= 0.3 is 57.3 Å². The summed E-state index contributed by atoms with van der Waals surface area (Å²) >= 11 is -1.58. The maximum Gasteiger partial charge on any atom is 1.00 e. The fourth-order valence-electron chi connectivity index (χ4n) is 1.24. The Labute approximate surface area is 127 Å². The number of morpholine rings is 1. The van der Waals surface area contributed by atoms with Gasteiger partial charge in [-0.05, 0) is 0 Å². The van der Waals surface area contributed by atoms with Gasteiger partial charge in [0.2, 0.25) is 17.0 Å². The first kappa shape index (κ1) is 12.8. The van der Waals surface area contributed by atoms with Crippen molar-refractivity contribution in [3.05, 3.63) is 0 Å². The second-order valence-corrected chi connectivity index (χ2v) is 3.58. The SMILES string of the molecule is O=C1NS(=O)N=C1N1CCOCC1.[K+]. The molecule has 0 aromatic carbocycles. The Hall–Kier alpha value is 0.686. The molecule has 2 aliphatic heterocycles. The van der Waals surface area contributed by atoms with E-state index in [1.54, 1.807) is 4.90 Å². The summed E-state index contributed by atoms with van der Waals surface area (Å²) in [7, 11) is 0. The van der Waals surface area contributed by atoms with E-state index < -0.39 is 11.2 Å². The van der Waals surface area contributed by atoms with Crippen molar-refractivity contribution in [2.24, 2.45) is 4.40 Å². The Kier molecular flexibility index (Phi) is 5.18. The van der Waals surface area contributed by atoms with Crippen LogP contribution in [0, 0.1) is 0 Å². The topological polar surface area (TPSA) is 71.0 Å². The summed E-state index contributed by atoms with van der Waals surface area (Å²) < 4.78 is 21.9. The Bertz CT molecular complexity index is 290. The van der Waals surface area contributed by atoms with Gasteiger partial charge in [0.15, 0.2) is 0 Å². The Morgan fingerprint density at radius 1 is 1.43 bits per heavy atom. The summed E-state index contributed by atoms with van der Waals surface area (Å²) in [4.78, 5) is 12.9. The third-order valence-corrected chi connectivity index (χ3v) is 2.56. The van der Waals surface area contributed by atoms with Gasteiger partial charge in [-0.3, -0.25) is 4.79 Å². The van der Waals surface area contributed by atoms with E-state index in [1.807, 2.05) is 0 Å². The van der Waals surface area contributed by atoms with Crippen molar-refractivity contribution in [3.8, 4) is 0 Å². The summed E-state index contributed by atoms with van der Waals surface area (Å²) in [5, 5.41) is 0. The summed E-state index contributed by atoms with van der Waals surface area (Å²) in [6.07, 6.45) is 0. The second kappa shape index (κ2) is 5.68. The number of nitrogens with one attached hydrogen (secondary N) is 1. The van der Waals surface area contributed by atoms with E-state index in [1.165, 1.54) is 0 Å². The maximum absolute atomic E-state index is 11.2. The second-order valence-electron chi connectivity index (χ2n) is 2.69. The number of hydrogen-bond acceptors (Lipinski definition) is 4. The summed E-state index contributed by atoms with van der Waals surface area (Å²) in [6.45, 7) is 2.42. The van der Waals surface area contributed by atoms with Crippen LogP contribution in [0.2, 0.25) is 0 Å². The monoisotopic (exact) mass is 242 g/mol. The standard InChI is InChI=1S/C6H9N3O3S.K/c10-6-5(7-13(11)8-6)9-1-3-12-4-2-9;/h1-4H2,(H,8,10);/q;+1. The molecule has 6 nitrogen and oxygen atoms in total. The van der Waals surface area contributed by atoms with Gasteiger partial charge in [-0.2, -0.15) is 0 Å². The average molecular weight is 242 g/mol. The van der Waals surface area contributed by atoms with E-state index in [4.69, 9.17) is 4.74 Å². The molecule has 2 rings (SSSR count). The van der Waals surface area contributed by atoms with Gasteiger partial charge in [0, 0.05) is 13.1 Å². The van der Waals surface area contributed by atoms with E-state index in [0.29, 0.717) is 26.3 Å². The molecule has 14 heavy (non-hydrogen) atoms. The number of carbonyl (C=O) groups is 1. The molecular weight excluding hydrogens is 233 g/mol. The van der Waals surface area contributed by atoms with Crippen LogP contribution in [0.5, 0.6) is 0 Å². The number of nitrogens with zero attached hydrogens (tertiary/aromatic N) is 2. The number of hydrogen-bond donors (Lipinski definition) is 1. The van der Waals surface area contributed by atoms with Gasteiger partial charge < -0.3 is 9.64 Å². The zero-order chi connectivity index (χ0) is 9.26. The zero-order valence-electron chi connectivity index (χ0n) is 7.86. The Balaban J connectivity index is 0.000000980.